The van der Waals surface area contributed by atoms with Crippen LogP contribution in [-0.4, -0.2) is 24.5 Å². The minimum Gasteiger partial charge on any atom is -0.504 e. The van der Waals surface area contributed by atoms with Gasteiger partial charge in [0.25, 0.3) is 0 Å². The number of nitrogens with zero attached hydrogens (tertiary/aromatic N) is 1. The average molecular weight is 417 g/mol. The average Bonchev–Trinajstić information content (AvgIpc) is 2.81. The van der Waals surface area contributed by atoms with Crippen LogP contribution in [0.2, 0.25) is 0 Å². The third kappa shape index (κ3) is 4.57. The number of hydrogen-bond acceptors (Lipinski definition) is 5. The summed E-state index contributed by atoms with van der Waals surface area (Å²) >= 11 is 0. The van der Waals surface area contributed by atoms with Gasteiger partial charge >= 0.3 is 0 Å². The number of aromatic hydroxyl groups is 1. The van der Waals surface area contributed by atoms with Crippen LogP contribution in [0.3, 0.4) is 0 Å². The van der Waals surface area contributed by atoms with Gasteiger partial charge in [0, 0.05) is 23.7 Å². The molecule has 0 aromatic heterocycles. The third-order valence-electron chi connectivity index (χ3n) is 5.56. The summed E-state index contributed by atoms with van der Waals surface area (Å²) in [4.78, 5) is 5.02. The maximum Gasteiger partial charge on any atom is 0.162 e. The molecule has 2 N–H and O–H groups in total. The number of para-hydroxylation sites is 1. The lowest BCUT2D eigenvalue weighted by Crippen LogP contribution is -2.33. The van der Waals surface area contributed by atoms with Crippen LogP contribution in [0.25, 0.3) is 0 Å². The smallest absolute Gasteiger partial charge is 0.162 e. The van der Waals surface area contributed by atoms with Gasteiger partial charge in [0.2, 0.25) is 0 Å². The number of nitrogens with one attached hydrogen (secondary N) is 1. The fourth-order valence-electron chi connectivity index (χ4n) is 3.88. The van der Waals surface area contributed by atoms with Crippen molar-refractivity contribution in [3.8, 4) is 17.2 Å². The van der Waals surface area contributed by atoms with Crippen LogP contribution < -0.4 is 14.8 Å². The molecule has 1 heterocycles. The Hall–Kier alpha value is -3.31. The monoisotopic (exact) mass is 416 g/mol. The van der Waals surface area contributed by atoms with E-state index in [1.54, 1.807) is 13.2 Å². The van der Waals surface area contributed by atoms with Crippen molar-refractivity contribution in [2.24, 2.45) is 4.99 Å². The van der Waals surface area contributed by atoms with E-state index in [1.165, 1.54) is 5.56 Å². The molecule has 0 saturated carbocycles. The summed E-state index contributed by atoms with van der Waals surface area (Å²) < 4.78 is 10.9. The van der Waals surface area contributed by atoms with E-state index in [4.69, 9.17) is 14.5 Å². The Bertz CT molecular complexity index is 1060. The van der Waals surface area contributed by atoms with Crippen LogP contribution in [0.15, 0.2) is 71.7 Å². The fraction of sp³-hybridized carbons (Fsp3) is 0.269. The highest BCUT2D eigenvalue weighted by molar-refractivity contribution is 6.01. The van der Waals surface area contributed by atoms with Crippen molar-refractivity contribution in [2.75, 3.05) is 13.7 Å². The molecule has 0 amide bonds. The van der Waals surface area contributed by atoms with Gasteiger partial charge in [-0.3, -0.25) is 10.3 Å². The fourth-order valence-corrected chi connectivity index (χ4v) is 3.88. The van der Waals surface area contributed by atoms with Crippen molar-refractivity contribution in [1.82, 2.24) is 5.32 Å². The number of ether oxygens (including phenoxy) is 2. The SMILES string of the molecule is CCOc1cccc([C@@H]2CC(c3ccc(OC)cc3)=N[C@@H](c3ccc(C)cc3)N2)c1O. The summed E-state index contributed by atoms with van der Waals surface area (Å²) in [5.41, 5.74) is 5.13. The van der Waals surface area contributed by atoms with Crippen LogP contribution in [-0.2, 0) is 0 Å². The van der Waals surface area contributed by atoms with Gasteiger partial charge in [-0.05, 0) is 55.3 Å². The number of aryl methyl sites for hydroxylation is 1. The molecular formula is C26H28N2O3. The molecule has 0 bridgehead atoms. The van der Waals surface area contributed by atoms with Crippen molar-refractivity contribution < 1.29 is 14.6 Å². The lowest BCUT2D eigenvalue weighted by atomic mass is 9.93. The van der Waals surface area contributed by atoms with E-state index in [2.05, 4.69) is 36.5 Å². The second kappa shape index (κ2) is 9.23. The minimum absolute atomic E-state index is 0.110. The molecule has 3 aromatic rings. The topological polar surface area (TPSA) is 63.1 Å². The first-order valence-corrected chi connectivity index (χ1v) is 10.6. The summed E-state index contributed by atoms with van der Waals surface area (Å²) in [5.74, 6) is 1.50. The molecule has 0 unspecified atom stereocenters. The number of rotatable bonds is 6. The standard InChI is InChI=1S/C26H28N2O3/c1-4-31-24-7-5-6-21(25(24)29)23-16-22(18-12-14-20(30-3)15-13-18)27-26(28-23)19-10-8-17(2)9-11-19/h5-15,23,26,28-29H,4,16H2,1-3H3/t23-,26+/m0/s1. The maximum atomic E-state index is 10.9. The molecule has 4 rings (SSSR count). The number of benzene rings is 3. The molecule has 3 aromatic carbocycles. The van der Waals surface area contributed by atoms with Crippen LogP contribution in [0.4, 0.5) is 0 Å². The second-order valence-corrected chi connectivity index (χ2v) is 7.67. The third-order valence-corrected chi connectivity index (χ3v) is 5.56. The van der Waals surface area contributed by atoms with E-state index >= 15 is 0 Å². The van der Waals surface area contributed by atoms with E-state index in [9.17, 15) is 5.11 Å². The Labute approximate surface area is 183 Å². The van der Waals surface area contributed by atoms with Gasteiger partial charge in [0.15, 0.2) is 11.5 Å². The van der Waals surface area contributed by atoms with Gasteiger partial charge in [-0.15, -0.1) is 0 Å². The summed E-state index contributed by atoms with van der Waals surface area (Å²) in [7, 11) is 1.66. The van der Waals surface area contributed by atoms with E-state index < -0.39 is 0 Å². The molecule has 160 valence electrons. The van der Waals surface area contributed by atoms with Gasteiger partial charge < -0.3 is 14.6 Å². The number of aliphatic imine (C=N–C) groups is 1. The molecule has 0 radical (unpaired) electrons. The van der Waals surface area contributed by atoms with Crippen molar-refractivity contribution in [3.63, 3.8) is 0 Å². The van der Waals surface area contributed by atoms with Crippen molar-refractivity contribution >= 4 is 5.71 Å². The number of phenolic OH excluding ortho intramolecular Hbond substituents is 1. The van der Waals surface area contributed by atoms with Crippen molar-refractivity contribution in [3.05, 3.63) is 89.0 Å². The molecule has 5 heteroatoms. The zero-order valence-electron chi connectivity index (χ0n) is 18.1. The summed E-state index contributed by atoms with van der Waals surface area (Å²) in [6.45, 7) is 4.48. The zero-order chi connectivity index (χ0) is 21.8. The molecule has 5 nitrogen and oxygen atoms in total. The number of methoxy groups -OCH3 is 1. The molecule has 0 saturated heterocycles. The van der Waals surface area contributed by atoms with Crippen LogP contribution >= 0.6 is 0 Å². The molecule has 1 aliphatic heterocycles. The minimum atomic E-state index is -0.216. The van der Waals surface area contributed by atoms with E-state index in [0.29, 0.717) is 18.8 Å². The van der Waals surface area contributed by atoms with Gasteiger partial charge in [-0.1, -0.05) is 42.0 Å². The Morgan fingerprint density at radius 3 is 2.45 bits per heavy atom. The Morgan fingerprint density at radius 1 is 1.03 bits per heavy atom. The lowest BCUT2D eigenvalue weighted by Gasteiger charge is -2.31. The van der Waals surface area contributed by atoms with Gasteiger partial charge in [-0.2, -0.15) is 0 Å². The Morgan fingerprint density at radius 2 is 1.77 bits per heavy atom. The molecule has 2 atom stereocenters. The number of hydrogen-bond donors (Lipinski definition) is 2. The highest BCUT2D eigenvalue weighted by atomic mass is 16.5. The highest BCUT2D eigenvalue weighted by Crippen LogP contribution is 2.39. The van der Waals surface area contributed by atoms with E-state index in [-0.39, 0.29) is 18.0 Å². The van der Waals surface area contributed by atoms with Gasteiger partial charge in [0.1, 0.15) is 11.9 Å². The maximum absolute atomic E-state index is 10.9. The molecular weight excluding hydrogens is 388 g/mol. The van der Waals surface area contributed by atoms with Crippen LogP contribution in [0, 0.1) is 6.92 Å². The highest BCUT2D eigenvalue weighted by Gasteiger charge is 2.28. The van der Waals surface area contributed by atoms with Crippen LogP contribution in [0.1, 0.15) is 47.8 Å². The first kappa shape index (κ1) is 20.9. The predicted octanol–water partition coefficient (Wildman–Crippen LogP) is 5.33. The van der Waals surface area contributed by atoms with Crippen LogP contribution in [0.5, 0.6) is 17.2 Å². The molecule has 1 aliphatic rings. The molecule has 0 spiro atoms. The van der Waals surface area contributed by atoms with E-state index in [1.807, 2.05) is 43.3 Å². The molecule has 0 fully saturated rings. The Kier molecular flexibility index (Phi) is 6.23. The second-order valence-electron chi connectivity index (χ2n) is 7.67. The lowest BCUT2D eigenvalue weighted by molar-refractivity contribution is 0.313. The summed E-state index contributed by atoms with van der Waals surface area (Å²) in [5, 5.41) is 14.5. The summed E-state index contributed by atoms with van der Waals surface area (Å²) in [6.07, 6.45) is 0.435. The number of phenols is 1. The Balaban J connectivity index is 1.73. The van der Waals surface area contributed by atoms with Crippen molar-refractivity contribution in [2.45, 2.75) is 32.5 Å². The predicted molar refractivity (Wildman–Crippen MR) is 123 cm³/mol. The normalized spacial score (nSPS) is 18.4. The quantitative estimate of drug-likeness (QED) is 0.570. The van der Waals surface area contributed by atoms with Gasteiger partial charge in [0.05, 0.1) is 13.7 Å². The molecule has 0 aliphatic carbocycles. The largest absolute Gasteiger partial charge is 0.504 e. The summed E-state index contributed by atoms with van der Waals surface area (Å²) in [6, 6.07) is 21.9. The zero-order valence-corrected chi connectivity index (χ0v) is 18.1. The van der Waals surface area contributed by atoms with E-state index in [0.717, 1.165) is 28.2 Å². The first-order chi connectivity index (χ1) is 15.1. The first-order valence-electron chi connectivity index (χ1n) is 10.6. The van der Waals surface area contributed by atoms with Crippen molar-refractivity contribution in [1.29, 1.82) is 0 Å². The molecule has 31 heavy (non-hydrogen) atoms. The van der Waals surface area contributed by atoms with Gasteiger partial charge in [-0.25, -0.2) is 0 Å².